The highest BCUT2D eigenvalue weighted by Crippen LogP contribution is 2.52. The highest BCUT2D eigenvalue weighted by molar-refractivity contribution is 6.77. The molecule has 3 heteroatoms. The zero-order valence-electron chi connectivity index (χ0n) is 13.1. The number of hydrogen-bond donors (Lipinski definition) is 0. The molecule has 1 fully saturated rings. The Morgan fingerprint density at radius 1 is 1.17 bits per heavy atom. The molecule has 0 heterocycles. The maximum Gasteiger partial charge on any atom is 0.200 e. The standard InChI is InChI=1S/C15H30O2Si/c1-11(2)18(12(3)4,13(5)6)17-10-15(9-16)8-14(15)7/h9,11-14H,8,10H2,1-7H3/t14-,15-/m1/s1. The molecule has 0 unspecified atom stereocenters. The molecule has 2 nitrogen and oxygen atoms in total. The predicted molar refractivity (Wildman–Crippen MR) is 79.3 cm³/mol. The molecule has 18 heavy (non-hydrogen) atoms. The molecule has 0 N–H and O–H groups in total. The van der Waals surface area contributed by atoms with Crippen LogP contribution in [-0.4, -0.2) is 21.2 Å². The lowest BCUT2D eigenvalue weighted by Gasteiger charge is -2.42. The monoisotopic (exact) mass is 270 g/mol. The molecular formula is C15H30O2Si. The van der Waals surface area contributed by atoms with E-state index in [2.05, 4.69) is 48.5 Å². The van der Waals surface area contributed by atoms with E-state index in [9.17, 15) is 4.79 Å². The summed E-state index contributed by atoms with van der Waals surface area (Å²) < 4.78 is 6.51. The van der Waals surface area contributed by atoms with Crippen molar-refractivity contribution >= 4 is 14.6 Å². The lowest BCUT2D eigenvalue weighted by atomic mass is 10.1. The molecule has 106 valence electrons. The van der Waals surface area contributed by atoms with Crippen LogP contribution in [0.5, 0.6) is 0 Å². The minimum atomic E-state index is -1.80. The summed E-state index contributed by atoms with van der Waals surface area (Å²) in [6, 6.07) is 0. The van der Waals surface area contributed by atoms with Crippen LogP contribution in [0.3, 0.4) is 0 Å². The Morgan fingerprint density at radius 2 is 1.56 bits per heavy atom. The molecule has 0 amide bonds. The summed E-state index contributed by atoms with van der Waals surface area (Å²) in [5, 5.41) is 0. The van der Waals surface area contributed by atoms with Crippen LogP contribution in [-0.2, 0) is 9.22 Å². The number of carbonyl (C=O) groups excluding carboxylic acids is 1. The molecule has 1 saturated carbocycles. The van der Waals surface area contributed by atoms with Crippen LogP contribution in [0.4, 0.5) is 0 Å². The minimum absolute atomic E-state index is 0.156. The van der Waals surface area contributed by atoms with E-state index in [1.165, 1.54) is 0 Å². The van der Waals surface area contributed by atoms with Crippen LogP contribution in [0.2, 0.25) is 16.6 Å². The normalized spacial score (nSPS) is 28.2. The molecule has 0 aromatic rings. The van der Waals surface area contributed by atoms with Crippen molar-refractivity contribution in [1.29, 1.82) is 0 Å². The third-order valence-corrected chi connectivity index (χ3v) is 11.1. The van der Waals surface area contributed by atoms with Gasteiger partial charge in [0.1, 0.15) is 6.29 Å². The van der Waals surface area contributed by atoms with Crippen molar-refractivity contribution < 1.29 is 9.22 Å². The Kier molecular flexibility index (Phi) is 4.82. The van der Waals surface area contributed by atoms with Gasteiger partial charge in [0, 0.05) is 6.61 Å². The van der Waals surface area contributed by atoms with E-state index in [1.54, 1.807) is 0 Å². The Labute approximate surface area is 114 Å². The van der Waals surface area contributed by atoms with Crippen LogP contribution in [0.15, 0.2) is 0 Å². The highest BCUT2D eigenvalue weighted by Gasteiger charge is 2.54. The van der Waals surface area contributed by atoms with E-state index >= 15 is 0 Å². The fraction of sp³-hybridized carbons (Fsp3) is 0.933. The van der Waals surface area contributed by atoms with Gasteiger partial charge in [0.15, 0.2) is 8.32 Å². The SMILES string of the molecule is CC(C)[Si](OC[C@]1(C=O)C[C@H]1C)(C(C)C)C(C)C. The third-order valence-electron chi connectivity index (χ3n) is 5.04. The fourth-order valence-electron chi connectivity index (χ4n) is 3.67. The molecule has 1 aliphatic rings. The largest absolute Gasteiger partial charge is 0.415 e. The lowest BCUT2D eigenvalue weighted by molar-refractivity contribution is -0.113. The molecule has 0 aliphatic heterocycles. The quantitative estimate of drug-likeness (QED) is 0.506. The molecule has 1 aliphatic carbocycles. The first-order valence-electron chi connectivity index (χ1n) is 7.33. The summed E-state index contributed by atoms with van der Waals surface area (Å²) in [5.74, 6) is 0.508. The lowest BCUT2D eigenvalue weighted by Crippen LogP contribution is -2.49. The summed E-state index contributed by atoms with van der Waals surface area (Å²) in [7, 11) is -1.80. The van der Waals surface area contributed by atoms with Gasteiger partial charge >= 0.3 is 0 Å². The second-order valence-corrected chi connectivity index (χ2v) is 12.5. The van der Waals surface area contributed by atoms with Gasteiger partial charge in [-0.15, -0.1) is 0 Å². The van der Waals surface area contributed by atoms with Gasteiger partial charge in [0.05, 0.1) is 5.41 Å². The molecule has 0 bridgehead atoms. The maximum atomic E-state index is 11.3. The first kappa shape index (κ1) is 15.9. The first-order valence-corrected chi connectivity index (χ1v) is 9.47. The Balaban J connectivity index is 2.83. The van der Waals surface area contributed by atoms with Crippen LogP contribution in [0.25, 0.3) is 0 Å². The molecule has 0 aromatic heterocycles. The smallest absolute Gasteiger partial charge is 0.200 e. The van der Waals surface area contributed by atoms with Crippen molar-refractivity contribution in [1.82, 2.24) is 0 Å². The second kappa shape index (κ2) is 5.46. The van der Waals surface area contributed by atoms with E-state index in [4.69, 9.17) is 4.43 Å². The highest BCUT2D eigenvalue weighted by atomic mass is 28.4. The summed E-state index contributed by atoms with van der Waals surface area (Å²) in [6.45, 7) is 16.5. The van der Waals surface area contributed by atoms with Crippen molar-refractivity contribution in [2.24, 2.45) is 11.3 Å². The van der Waals surface area contributed by atoms with Crippen LogP contribution >= 0.6 is 0 Å². The van der Waals surface area contributed by atoms with Gasteiger partial charge in [-0.3, -0.25) is 0 Å². The molecule has 0 aromatic carbocycles. The van der Waals surface area contributed by atoms with E-state index < -0.39 is 8.32 Å². The van der Waals surface area contributed by atoms with Crippen molar-refractivity contribution in [2.45, 2.75) is 71.5 Å². The zero-order chi connectivity index (χ0) is 14.1. The maximum absolute atomic E-state index is 11.3. The second-order valence-electron chi connectivity index (χ2n) is 7.06. The Morgan fingerprint density at radius 3 is 1.78 bits per heavy atom. The number of carbonyl (C=O) groups is 1. The van der Waals surface area contributed by atoms with E-state index in [-0.39, 0.29) is 5.41 Å². The number of aldehydes is 1. The topological polar surface area (TPSA) is 26.3 Å². The molecular weight excluding hydrogens is 240 g/mol. The van der Waals surface area contributed by atoms with Crippen molar-refractivity contribution in [3.05, 3.63) is 0 Å². The summed E-state index contributed by atoms with van der Waals surface area (Å²) >= 11 is 0. The molecule has 0 radical (unpaired) electrons. The number of hydrogen-bond acceptors (Lipinski definition) is 2. The summed E-state index contributed by atoms with van der Waals surface area (Å²) in [4.78, 5) is 11.3. The van der Waals surface area contributed by atoms with Gasteiger partial charge in [0.2, 0.25) is 0 Å². The van der Waals surface area contributed by atoms with Gasteiger partial charge < -0.3 is 9.22 Å². The van der Waals surface area contributed by atoms with Gasteiger partial charge in [-0.1, -0.05) is 48.5 Å². The zero-order valence-corrected chi connectivity index (χ0v) is 14.1. The van der Waals surface area contributed by atoms with Gasteiger partial charge in [-0.2, -0.15) is 0 Å². The van der Waals surface area contributed by atoms with Gasteiger partial charge in [0.25, 0.3) is 0 Å². The minimum Gasteiger partial charge on any atom is -0.415 e. The fourth-order valence-corrected chi connectivity index (χ4v) is 9.19. The van der Waals surface area contributed by atoms with E-state index in [0.717, 1.165) is 12.7 Å². The molecule has 2 atom stereocenters. The van der Waals surface area contributed by atoms with Crippen LogP contribution in [0.1, 0.15) is 54.9 Å². The van der Waals surface area contributed by atoms with E-state index in [0.29, 0.717) is 29.1 Å². The average Bonchev–Trinajstić information content (AvgIpc) is 2.89. The molecule has 1 rings (SSSR count). The summed E-state index contributed by atoms with van der Waals surface area (Å²) in [5.41, 5.74) is 1.62. The Hall–Kier alpha value is -0.153. The number of rotatable bonds is 7. The summed E-state index contributed by atoms with van der Waals surface area (Å²) in [6.07, 6.45) is 2.15. The third kappa shape index (κ3) is 2.57. The van der Waals surface area contributed by atoms with Gasteiger partial charge in [-0.25, -0.2) is 0 Å². The van der Waals surface area contributed by atoms with Crippen molar-refractivity contribution in [3.8, 4) is 0 Å². The first-order chi connectivity index (χ1) is 8.23. The Bertz CT molecular complexity index is 277. The predicted octanol–water partition coefficient (Wildman–Crippen LogP) is 4.40. The van der Waals surface area contributed by atoms with Gasteiger partial charge in [-0.05, 0) is 29.0 Å². The van der Waals surface area contributed by atoms with Crippen LogP contribution in [0, 0.1) is 11.3 Å². The molecule has 0 spiro atoms. The molecule has 0 saturated heterocycles. The average molecular weight is 270 g/mol. The van der Waals surface area contributed by atoms with Crippen LogP contribution < -0.4 is 0 Å². The van der Waals surface area contributed by atoms with Crippen molar-refractivity contribution in [2.75, 3.05) is 6.61 Å². The van der Waals surface area contributed by atoms with Crippen molar-refractivity contribution in [3.63, 3.8) is 0 Å². The van der Waals surface area contributed by atoms with E-state index in [1.807, 2.05) is 0 Å².